The van der Waals surface area contributed by atoms with Crippen LogP contribution in [0.2, 0.25) is 0 Å². The molecule has 1 saturated carbocycles. The van der Waals surface area contributed by atoms with Crippen molar-refractivity contribution in [2.45, 2.75) is 39.1 Å². The normalized spacial score (nSPS) is 17.2. The van der Waals surface area contributed by atoms with Gasteiger partial charge in [-0.3, -0.25) is 9.59 Å². The van der Waals surface area contributed by atoms with E-state index >= 15 is 0 Å². The van der Waals surface area contributed by atoms with Gasteiger partial charge >= 0.3 is 12.3 Å². The van der Waals surface area contributed by atoms with E-state index in [9.17, 15) is 29.4 Å². The van der Waals surface area contributed by atoms with Crippen molar-refractivity contribution in [2.75, 3.05) is 36.1 Å². The Balaban J connectivity index is 1.41. The number of hydrogen-bond donors (Lipinski definition) is 2. The molecule has 4 aromatic carbocycles. The van der Waals surface area contributed by atoms with Gasteiger partial charge in [-0.05, 0) is 71.2 Å². The van der Waals surface area contributed by atoms with Gasteiger partial charge in [0.05, 0.1) is 11.8 Å². The second kappa shape index (κ2) is 21.1. The molecule has 2 amide bonds. The van der Waals surface area contributed by atoms with E-state index in [4.69, 9.17) is 18.9 Å². The van der Waals surface area contributed by atoms with Gasteiger partial charge in [0.25, 0.3) is 0 Å². The molecule has 0 aromatic heterocycles. The molecule has 0 spiro atoms. The van der Waals surface area contributed by atoms with Crippen LogP contribution >= 0.6 is 23.5 Å². The number of carbonyl (C=O) groups excluding carboxylic acids is 2. The highest BCUT2D eigenvalue weighted by molar-refractivity contribution is 7.99. The fourth-order valence-corrected chi connectivity index (χ4v) is 7.66. The van der Waals surface area contributed by atoms with E-state index in [1.165, 1.54) is 0 Å². The van der Waals surface area contributed by atoms with E-state index in [2.05, 4.69) is 0 Å². The molecule has 0 radical (unpaired) electrons. The zero-order valence-electron chi connectivity index (χ0n) is 31.2. The van der Waals surface area contributed by atoms with Gasteiger partial charge in [0.2, 0.25) is 11.8 Å². The Labute approximate surface area is 335 Å². The van der Waals surface area contributed by atoms with Crippen molar-refractivity contribution in [2.24, 2.45) is 11.8 Å². The molecular weight excluding hydrogens is 757 g/mol. The Morgan fingerprint density at radius 1 is 0.536 bits per heavy atom. The molecule has 2 N–H and O–H groups in total. The summed E-state index contributed by atoms with van der Waals surface area (Å²) in [6.07, 6.45) is -6.49. The van der Waals surface area contributed by atoms with E-state index in [1.807, 2.05) is 98.8 Å². The van der Waals surface area contributed by atoms with Crippen molar-refractivity contribution in [3.8, 4) is 23.0 Å². The molecule has 1 aliphatic carbocycles. The minimum absolute atomic E-state index is 0.143. The fraction of sp³-hybridized carbons (Fsp3) is 0.333. The maximum absolute atomic E-state index is 14.6. The first-order valence-electron chi connectivity index (χ1n) is 18.3. The largest absolute Gasteiger partial charge is 0.506 e. The molecule has 0 bridgehead atoms. The van der Waals surface area contributed by atoms with Crippen LogP contribution in [0.25, 0.3) is 0 Å². The number of rotatable bonds is 20. The number of nitrogens with zero attached hydrogens (tertiary/aromatic N) is 2. The Morgan fingerprint density at radius 3 is 1.20 bits per heavy atom. The van der Waals surface area contributed by atoms with Gasteiger partial charge < -0.3 is 39.0 Å². The number of benzene rings is 4. The molecule has 4 aromatic rings. The van der Waals surface area contributed by atoms with Gasteiger partial charge in [-0.2, -0.15) is 23.5 Å². The second-order valence-corrected chi connectivity index (χ2v) is 15.6. The summed E-state index contributed by atoms with van der Waals surface area (Å²) in [5.74, 6) is 1.58. The minimum Gasteiger partial charge on any atom is -0.457 e. The standard InChI is InChI=1S/C42H46N2O10S2/c1-3-55-25-23-43(27-29-15-19-33(20-16-29)51-31-11-7-5-8-12-31)39(45)35-36(38(54-42(49)50)37(35)53-41(47)48)40(46)44(24-26-56-4-2)28-30-17-21-34(22-18-30)52-32-13-9-6-10-14-32/h5-22,35-38H,3-4,23-28H2,1-2H3,(H,47,48)(H,49,50)/t35-,36-,37-,38-/m0/s1. The highest BCUT2D eigenvalue weighted by Gasteiger charge is 2.63. The van der Waals surface area contributed by atoms with E-state index in [0.717, 1.165) is 22.6 Å². The maximum Gasteiger partial charge on any atom is 0.506 e. The number of para-hydroxylation sites is 2. The van der Waals surface area contributed by atoms with Gasteiger partial charge in [-0.25, -0.2) is 9.59 Å². The van der Waals surface area contributed by atoms with Crippen molar-refractivity contribution in [1.29, 1.82) is 0 Å². The highest BCUT2D eigenvalue weighted by Crippen LogP contribution is 2.43. The van der Waals surface area contributed by atoms with E-state index in [0.29, 0.717) is 34.5 Å². The molecule has 5 rings (SSSR count). The van der Waals surface area contributed by atoms with Gasteiger partial charge in [-0.15, -0.1) is 0 Å². The van der Waals surface area contributed by atoms with E-state index in [1.54, 1.807) is 57.6 Å². The molecule has 4 atom stereocenters. The zero-order chi connectivity index (χ0) is 39.9. The molecule has 0 heterocycles. The van der Waals surface area contributed by atoms with Gasteiger partial charge in [0.15, 0.2) is 12.2 Å². The van der Waals surface area contributed by atoms with Crippen LogP contribution in [0.1, 0.15) is 25.0 Å². The third-order valence-electron chi connectivity index (χ3n) is 9.06. The van der Waals surface area contributed by atoms with Crippen LogP contribution in [-0.2, 0) is 32.2 Å². The predicted octanol–water partition coefficient (Wildman–Crippen LogP) is 8.51. The summed E-state index contributed by atoms with van der Waals surface area (Å²) in [5.41, 5.74) is 1.55. The lowest BCUT2D eigenvalue weighted by atomic mass is 9.66. The van der Waals surface area contributed by atoms with Gasteiger partial charge in [0, 0.05) is 37.7 Å². The third-order valence-corrected chi connectivity index (χ3v) is 10.8. The average Bonchev–Trinajstić information content (AvgIpc) is 3.19. The molecule has 1 aliphatic rings. The van der Waals surface area contributed by atoms with Crippen molar-refractivity contribution in [3.05, 3.63) is 120 Å². The predicted molar refractivity (Wildman–Crippen MR) is 216 cm³/mol. The van der Waals surface area contributed by atoms with Crippen molar-refractivity contribution in [3.63, 3.8) is 0 Å². The highest BCUT2D eigenvalue weighted by atomic mass is 32.2. The number of thioether (sulfide) groups is 2. The molecule has 0 unspecified atom stereocenters. The lowest BCUT2D eigenvalue weighted by Crippen LogP contribution is -2.68. The molecule has 12 nitrogen and oxygen atoms in total. The van der Waals surface area contributed by atoms with Crippen molar-refractivity contribution >= 4 is 47.6 Å². The first-order valence-corrected chi connectivity index (χ1v) is 20.6. The number of hydrogen-bond acceptors (Lipinski definition) is 10. The lowest BCUT2D eigenvalue weighted by Gasteiger charge is -2.49. The van der Waals surface area contributed by atoms with Gasteiger partial charge in [-0.1, -0.05) is 74.5 Å². The Bertz CT molecular complexity index is 1730. The molecule has 296 valence electrons. The average molecular weight is 803 g/mol. The lowest BCUT2D eigenvalue weighted by molar-refractivity contribution is -0.197. The molecular formula is C42H46N2O10S2. The van der Waals surface area contributed by atoms with E-state index in [-0.39, 0.29) is 26.2 Å². The molecule has 1 fully saturated rings. The monoisotopic (exact) mass is 802 g/mol. The van der Waals surface area contributed by atoms with Crippen LogP contribution in [0, 0.1) is 11.8 Å². The van der Waals surface area contributed by atoms with Crippen LogP contribution in [0.15, 0.2) is 109 Å². The minimum atomic E-state index is -1.71. The quantitative estimate of drug-likeness (QED) is 0.0651. The summed E-state index contributed by atoms with van der Waals surface area (Å²) in [6, 6.07) is 33.1. The Hall–Kier alpha value is -5.34. The molecule has 14 heteroatoms. The van der Waals surface area contributed by atoms with Crippen molar-refractivity contribution < 1.29 is 48.3 Å². The summed E-state index contributed by atoms with van der Waals surface area (Å²) in [5, 5.41) is 19.4. The van der Waals surface area contributed by atoms with E-state index < -0.39 is 48.2 Å². The second-order valence-electron chi connectivity index (χ2n) is 12.8. The Morgan fingerprint density at radius 2 is 0.875 bits per heavy atom. The topological polar surface area (TPSA) is 152 Å². The Kier molecular flexibility index (Phi) is 15.8. The number of ether oxygens (including phenoxy) is 4. The fourth-order valence-electron chi connectivity index (χ4n) is 6.38. The van der Waals surface area contributed by atoms with Crippen LogP contribution in [0.4, 0.5) is 9.59 Å². The van der Waals surface area contributed by atoms with Crippen LogP contribution in [0.3, 0.4) is 0 Å². The first-order chi connectivity index (χ1) is 27.2. The van der Waals surface area contributed by atoms with Crippen LogP contribution in [-0.4, -0.2) is 92.4 Å². The molecule has 0 saturated heterocycles. The first kappa shape index (κ1) is 41.8. The summed E-state index contributed by atoms with van der Waals surface area (Å²) in [6.45, 7) is 4.87. The van der Waals surface area contributed by atoms with Crippen molar-refractivity contribution in [1.82, 2.24) is 9.80 Å². The van der Waals surface area contributed by atoms with Crippen LogP contribution < -0.4 is 9.47 Å². The zero-order valence-corrected chi connectivity index (χ0v) is 32.9. The molecule has 56 heavy (non-hydrogen) atoms. The molecule has 0 aliphatic heterocycles. The number of amides is 2. The maximum atomic E-state index is 14.6. The summed E-state index contributed by atoms with van der Waals surface area (Å²) < 4.78 is 22.1. The number of carbonyl (C=O) groups is 4. The SMILES string of the molecule is CCSCCN(Cc1ccc(Oc2ccccc2)cc1)C(=O)[C@@H]1[C@H](OC(=O)O)[C@@H](OC(=O)O)[C@H]1C(=O)N(CCSCC)Cc1ccc(Oc2ccccc2)cc1. The smallest absolute Gasteiger partial charge is 0.457 e. The van der Waals surface area contributed by atoms with Crippen LogP contribution in [0.5, 0.6) is 23.0 Å². The summed E-state index contributed by atoms with van der Waals surface area (Å²) in [7, 11) is 0. The van der Waals surface area contributed by atoms with Gasteiger partial charge in [0.1, 0.15) is 23.0 Å². The third kappa shape index (κ3) is 11.8. The summed E-state index contributed by atoms with van der Waals surface area (Å²) in [4.78, 5) is 56.3. The number of carboxylic acid groups (broad SMARTS) is 2. The summed E-state index contributed by atoms with van der Waals surface area (Å²) >= 11 is 3.25.